The minimum absolute atomic E-state index is 0.0131. The first-order valence-electron chi connectivity index (χ1n) is 10.2. The monoisotopic (exact) mass is 388 g/mol. The van der Waals surface area contributed by atoms with E-state index >= 15 is 0 Å². The molecule has 3 heterocycles. The maximum Gasteiger partial charge on any atom is 0.415 e. The van der Waals surface area contributed by atoms with E-state index in [1.54, 1.807) is 4.90 Å². The molecular weight excluding hydrogens is 356 g/mol. The smallest absolute Gasteiger partial charge is 0.415 e. The number of piperidine rings is 1. The molecule has 0 bridgehead atoms. The number of nitrogens with zero attached hydrogens (tertiary/aromatic N) is 4. The van der Waals surface area contributed by atoms with Crippen molar-refractivity contribution in [3.8, 4) is 0 Å². The second-order valence-electron chi connectivity index (χ2n) is 9.30. The van der Waals surface area contributed by atoms with E-state index in [4.69, 9.17) is 9.72 Å². The van der Waals surface area contributed by atoms with Gasteiger partial charge in [0.1, 0.15) is 18.2 Å². The van der Waals surface area contributed by atoms with Crippen LogP contribution in [-0.2, 0) is 9.53 Å². The van der Waals surface area contributed by atoms with Crippen LogP contribution in [0.4, 0.5) is 10.6 Å². The summed E-state index contributed by atoms with van der Waals surface area (Å²) in [5.41, 5.74) is 0.484. The van der Waals surface area contributed by atoms with Crippen molar-refractivity contribution in [2.75, 3.05) is 24.6 Å². The van der Waals surface area contributed by atoms with E-state index in [0.29, 0.717) is 25.5 Å². The summed E-state index contributed by atoms with van der Waals surface area (Å²) in [4.78, 5) is 37.8. The number of likely N-dealkylation sites (tertiary alicyclic amines) is 1. The van der Waals surface area contributed by atoms with Gasteiger partial charge in [-0.3, -0.25) is 9.69 Å². The second-order valence-corrected chi connectivity index (χ2v) is 9.30. The molecule has 1 aromatic rings. The van der Waals surface area contributed by atoms with Gasteiger partial charge in [0.15, 0.2) is 0 Å². The number of carbonyl (C=O) groups is 2. The van der Waals surface area contributed by atoms with Crippen molar-refractivity contribution in [3.05, 3.63) is 17.6 Å². The Labute approximate surface area is 167 Å². The molecule has 0 aromatic carbocycles. The lowest BCUT2D eigenvalue weighted by Crippen LogP contribution is -2.44. The van der Waals surface area contributed by atoms with Gasteiger partial charge in [-0.05, 0) is 25.7 Å². The van der Waals surface area contributed by atoms with Crippen LogP contribution in [0.3, 0.4) is 0 Å². The molecule has 1 aromatic heterocycles. The zero-order chi connectivity index (χ0) is 20.6. The van der Waals surface area contributed by atoms with Gasteiger partial charge in [0.25, 0.3) is 0 Å². The van der Waals surface area contributed by atoms with Crippen LogP contribution in [0.15, 0.2) is 6.07 Å². The van der Waals surface area contributed by atoms with Crippen LogP contribution in [0.25, 0.3) is 0 Å². The van der Waals surface area contributed by atoms with Gasteiger partial charge in [-0.2, -0.15) is 0 Å². The average molecular weight is 389 g/mol. The number of hydrogen-bond donors (Lipinski definition) is 0. The Balaban J connectivity index is 1.78. The molecule has 3 rings (SSSR count). The number of aryl methyl sites for hydroxylation is 1. The number of ether oxygens (including phenoxy) is 1. The predicted molar refractivity (Wildman–Crippen MR) is 107 cm³/mol. The van der Waals surface area contributed by atoms with Crippen LogP contribution in [0, 0.1) is 18.3 Å². The highest BCUT2D eigenvalue weighted by Gasteiger charge is 2.38. The fourth-order valence-corrected chi connectivity index (χ4v) is 3.89. The summed E-state index contributed by atoms with van der Waals surface area (Å²) in [6.07, 6.45) is 1.33. The Kier molecular flexibility index (Phi) is 5.64. The maximum atomic E-state index is 12.5. The first kappa shape index (κ1) is 20.6. The topological polar surface area (TPSA) is 75.6 Å². The van der Waals surface area contributed by atoms with Crippen molar-refractivity contribution in [1.29, 1.82) is 0 Å². The third-order valence-corrected chi connectivity index (χ3v) is 5.57. The number of cyclic esters (lactones) is 1. The highest BCUT2D eigenvalue weighted by atomic mass is 16.6. The molecule has 1 atom stereocenters. The normalized spacial score (nSPS) is 21.4. The van der Waals surface area contributed by atoms with Gasteiger partial charge in [0.05, 0.1) is 6.04 Å². The van der Waals surface area contributed by atoms with E-state index in [-0.39, 0.29) is 35.3 Å². The second kappa shape index (κ2) is 7.68. The van der Waals surface area contributed by atoms with Crippen molar-refractivity contribution in [2.45, 2.75) is 66.3 Å². The molecule has 0 unspecified atom stereocenters. The van der Waals surface area contributed by atoms with Gasteiger partial charge in [-0.1, -0.05) is 34.6 Å². The van der Waals surface area contributed by atoms with Crippen molar-refractivity contribution in [3.63, 3.8) is 0 Å². The summed E-state index contributed by atoms with van der Waals surface area (Å²) in [5, 5.41) is 0. The number of rotatable bonds is 3. The first-order chi connectivity index (χ1) is 13.1. The Morgan fingerprint density at radius 3 is 2.43 bits per heavy atom. The van der Waals surface area contributed by atoms with E-state index in [9.17, 15) is 9.59 Å². The molecule has 2 aliphatic rings. The number of hydrogen-bond acceptors (Lipinski definition) is 5. The minimum atomic E-state index is -0.359. The predicted octanol–water partition coefficient (Wildman–Crippen LogP) is 3.52. The first-order valence-corrected chi connectivity index (χ1v) is 10.2. The van der Waals surface area contributed by atoms with Crippen LogP contribution in [0.5, 0.6) is 0 Å². The number of amides is 2. The van der Waals surface area contributed by atoms with Crippen molar-refractivity contribution < 1.29 is 14.3 Å². The summed E-state index contributed by atoms with van der Waals surface area (Å²) >= 11 is 0. The van der Waals surface area contributed by atoms with Crippen LogP contribution in [0.2, 0.25) is 0 Å². The van der Waals surface area contributed by atoms with Gasteiger partial charge in [0, 0.05) is 36.2 Å². The SMILES string of the molecule is Cc1cc(N2C(=O)OC[C@H]2C(C)C)nc(C2CCN(C(=O)C(C)(C)C)CC2)n1. The molecule has 0 saturated carbocycles. The summed E-state index contributed by atoms with van der Waals surface area (Å²) in [5.74, 6) is 2.05. The van der Waals surface area contributed by atoms with Crippen molar-refractivity contribution in [2.24, 2.45) is 11.3 Å². The van der Waals surface area contributed by atoms with Gasteiger partial charge >= 0.3 is 6.09 Å². The summed E-state index contributed by atoms with van der Waals surface area (Å²) in [6, 6.07) is 1.84. The summed E-state index contributed by atoms with van der Waals surface area (Å²) in [6.45, 7) is 13.8. The standard InChI is InChI=1S/C21H32N4O3/c1-13(2)16-12-28-20(27)25(16)17-11-14(3)22-18(23-17)15-7-9-24(10-8-15)19(26)21(4,5)6/h11,13,15-16H,7-10,12H2,1-6H3/t16-/m0/s1. The van der Waals surface area contributed by atoms with Crippen LogP contribution in [-0.4, -0.2) is 52.6 Å². The molecule has 0 aliphatic carbocycles. The third kappa shape index (κ3) is 4.13. The molecular formula is C21H32N4O3. The molecule has 7 nitrogen and oxygen atoms in total. The molecule has 7 heteroatoms. The Morgan fingerprint density at radius 1 is 1.21 bits per heavy atom. The van der Waals surface area contributed by atoms with Crippen LogP contribution in [0.1, 0.15) is 64.9 Å². The summed E-state index contributed by atoms with van der Waals surface area (Å²) in [7, 11) is 0. The van der Waals surface area contributed by atoms with E-state index in [1.165, 1.54) is 0 Å². The minimum Gasteiger partial charge on any atom is -0.447 e. The molecule has 2 aliphatic heterocycles. The van der Waals surface area contributed by atoms with Crippen molar-refractivity contribution >= 4 is 17.8 Å². The maximum absolute atomic E-state index is 12.5. The molecule has 0 radical (unpaired) electrons. The van der Waals surface area contributed by atoms with Crippen molar-refractivity contribution in [1.82, 2.24) is 14.9 Å². The Morgan fingerprint density at radius 2 is 1.86 bits per heavy atom. The van der Waals surface area contributed by atoms with Gasteiger partial charge < -0.3 is 9.64 Å². The molecule has 0 spiro atoms. The fourth-order valence-electron chi connectivity index (χ4n) is 3.89. The zero-order valence-corrected chi connectivity index (χ0v) is 17.9. The Bertz CT molecular complexity index is 749. The quantitative estimate of drug-likeness (QED) is 0.792. The highest BCUT2D eigenvalue weighted by Crippen LogP contribution is 2.31. The number of carbonyl (C=O) groups excluding carboxylic acids is 2. The van der Waals surface area contributed by atoms with Gasteiger partial charge in [-0.25, -0.2) is 14.8 Å². The lowest BCUT2D eigenvalue weighted by molar-refractivity contribution is -0.140. The zero-order valence-electron chi connectivity index (χ0n) is 17.9. The van der Waals surface area contributed by atoms with E-state index < -0.39 is 0 Å². The molecule has 154 valence electrons. The highest BCUT2D eigenvalue weighted by molar-refractivity contribution is 5.89. The van der Waals surface area contributed by atoms with Gasteiger partial charge in [0.2, 0.25) is 5.91 Å². The molecule has 2 amide bonds. The third-order valence-electron chi connectivity index (χ3n) is 5.57. The lowest BCUT2D eigenvalue weighted by atomic mass is 9.90. The molecule has 2 fully saturated rings. The van der Waals surface area contributed by atoms with Crippen LogP contribution >= 0.6 is 0 Å². The average Bonchev–Trinajstić information content (AvgIpc) is 3.02. The van der Waals surface area contributed by atoms with E-state index in [1.807, 2.05) is 38.7 Å². The largest absolute Gasteiger partial charge is 0.447 e. The fraction of sp³-hybridized carbons (Fsp3) is 0.714. The van der Waals surface area contributed by atoms with E-state index in [0.717, 1.165) is 24.4 Å². The van der Waals surface area contributed by atoms with Crippen LogP contribution < -0.4 is 4.90 Å². The van der Waals surface area contributed by atoms with Gasteiger partial charge in [-0.15, -0.1) is 0 Å². The molecule has 2 saturated heterocycles. The van der Waals surface area contributed by atoms with E-state index in [2.05, 4.69) is 18.8 Å². The molecule has 0 N–H and O–H groups in total. The number of aromatic nitrogens is 2. The summed E-state index contributed by atoms with van der Waals surface area (Å²) < 4.78 is 5.27. The molecule has 28 heavy (non-hydrogen) atoms. The lowest BCUT2D eigenvalue weighted by Gasteiger charge is -2.35. The number of anilines is 1. The Hall–Kier alpha value is -2.18.